The zero-order valence-corrected chi connectivity index (χ0v) is 17.7. The highest BCUT2D eigenvalue weighted by molar-refractivity contribution is 7.16. The smallest absolute Gasteiger partial charge is 0.279 e. The second kappa shape index (κ2) is 9.07. The number of hydrogen-bond acceptors (Lipinski definition) is 4. The number of amides is 1. The monoisotopic (exact) mass is 418 g/mol. The van der Waals surface area contributed by atoms with E-state index in [9.17, 15) is 4.79 Å². The van der Waals surface area contributed by atoms with Crippen LogP contribution < -0.4 is 9.54 Å². The van der Waals surface area contributed by atoms with E-state index in [0.717, 1.165) is 16.0 Å². The minimum atomic E-state index is -0.303. The van der Waals surface area contributed by atoms with Crippen molar-refractivity contribution in [2.45, 2.75) is 13.5 Å². The number of nitrogens with zero attached hydrogens (tertiary/aromatic N) is 2. The fourth-order valence-electron chi connectivity index (χ4n) is 3.13. The predicted molar refractivity (Wildman–Crippen MR) is 119 cm³/mol. The summed E-state index contributed by atoms with van der Waals surface area (Å²) >= 11 is 1.51. The highest BCUT2D eigenvalue weighted by Gasteiger charge is 2.10. The van der Waals surface area contributed by atoms with Gasteiger partial charge < -0.3 is 14.0 Å². The number of methoxy groups -OCH3 is 1. The molecule has 0 aliphatic rings. The third-order valence-electron chi connectivity index (χ3n) is 4.61. The van der Waals surface area contributed by atoms with E-state index in [2.05, 4.69) is 30.1 Å². The Morgan fingerprint density at radius 2 is 1.80 bits per heavy atom. The fourth-order valence-corrected chi connectivity index (χ4v) is 4.29. The van der Waals surface area contributed by atoms with Crippen LogP contribution in [0.3, 0.4) is 0 Å². The summed E-state index contributed by atoms with van der Waals surface area (Å²) in [6.45, 7) is 3.23. The van der Waals surface area contributed by atoms with E-state index in [1.807, 2.05) is 41.0 Å². The van der Waals surface area contributed by atoms with Gasteiger partial charge in [-0.25, -0.2) is 0 Å². The topological polar surface area (TPSA) is 52.8 Å². The molecule has 0 aliphatic carbocycles. The lowest BCUT2D eigenvalue weighted by molar-refractivity contribution is 0.0997. The molecule has 0 saturated carbocycles. The van der Waals surface area contributed by atoms with E-state index in [4.69, 9.17) is 9.47 Å². The maximum Gasteiger partial charge on any atom is 0.279 e. The molecule has 6 heteroatoms. The quantitative estimate of drug-likeness (QED) is 0.433. The number of aromatic nitrogens is 1. The first kappa shape index (κ1) is 20.1. The highest BCUT2D eigenvalue weighted by Crippen LogP contribution is 2.23. The molecule has 4 aromatic rings. The van der Waals surface area contributed by atoms with Crippen molar-refractivity contribution in [2.24, 2.45) is 4.99 Å². The molecule has 5 nitrogen and oxygen atoms in total. The van der Waals surface area contributed by atoms with Crippen LogP contribution in [0.25, 0.3) is 10.2 Å². The summed E-state index contributed by atoms with van der Waals surface area (Å²) in [7, 11) is 1.67. The first-order valence-corrected chi connectivity index (χ1v) is 10.5. The number of rotatable bonds is 6. The van der Waals surface area contributed by atoms with E-state index >= 15 is 0 Å². The van der Waals surface area contributed by atoms with Crippen LogP contribution in [0.4, 0.5) is 0 Å². The summed E-state index contributed by atoms with van der Waals surface area (Å²) in [4.78, 5) is 18.0. The molecule has 30 heavy (non-hydrogen) atoms. The second-order valence-electron chi connectivity index (χ2n) is 6.86. The molecular formula is C24H22N2O3S. The zero-order valence-electron chi connectivity index (χ0n) is 16.9. The number of aryl methyl sites for hydroxylation is 1. The van der Waals surface area contributed by atoms with Crippen LogP contribution >= 0.6 is 11.3 Å². The maximum atomic E-state index is 12.9. The molecule has 0 radical (unpaired) electrons. The van der Waals surface area contributed by atoms with Crippen molar-refractivity contribution >= 4 is 27.5 Å². The number of hydrogen-bond donors (Lipinski definition) is 0. The van der Waals surface area contributed by atoms with E-state index < -0.39 is 0 Å². The molecule has 3 aromatic carbocycles. The largest absolute Gasteiger partial charge is 0.457 e. The molecular weight excluding hydrogens is 396 g/mol. The average Bonchev–Trinajstić information content (AvgIpc) is 3.09. The van der Waals surface area contributed by atoms with Gasteiger partial charge in [0.15, 0.2) is 4.80 Å². The van der Waals surface area contributed by atoms with Crippen LogP contribution in [0.2, 0.25) is 0 Å². The van der Waals surface area contributed by atoms with Crippen molar-refractivity contribution in [3.8, 4) is 11.5 Å². The Bertz CT molecular complexity index is 1240. The summed E-state index contributed by atoms with van der Waals surface area (Å²) in [5, 5.41) is 0. The van der Waals surface area contributed by atoms with Crippen molar-refractivity contribution in [1.82, 2.24) is 4.57 Å². The van der Waals surface area contributed by atoms with Gasteiger partial charge in [0.25, 0.3) is 5.91 Å². The Morgan fingerprint density at radius 3 is 2.60 bits per heavy atom. The van der Waals surface area contributed by atoms with E-state index in [-0.39, 0.29) is 5.91 Å². The van der Waals surface area contributed by atoms with Gasteiger partial charge in [-0.2, -0.15) is 4.99 Å². The van der Waals surface area contributed by atoms with Crippen LogP contribution in [0.15, 0.2) is 77.8 Å². The molecule has 0 atom stereocenters. The molecule has 152 valence electrons. The first-order valence-electron chi connectivity index (χ1n) is 9.65. The van der Waals surface area contributed by atoms with Crippen LogP contribution in [0.1, 0.15) is 15.9 Å². The summed E-state index contributed by atoms with van der Waals surface area (Å²) in [5.41, 5.74) is 2.71. The molecule has 0 fully saturated rings. The molecule has 0 bridgehead atoms. The Hall–Kier alpha value is -3.22. The van der Waals surface area contributed by atoms with Crippen LogP contribution in [0.5, 0.6) is 11.5 Å². The lowest BCUT2D eigenvalue weighted by Crippen LogP contribution is -2.19. The standard InChI is InChI=1S/C24H22N2O3S/c1-17-11-12-21-22(15-17)30-24(26(21)13-14-28-2)25-23(27)18-7-6-10-20(16-18)29-19-8-4-3-5-9-19/h3-12,15-16H,13-14H2,1-2H3. The van der Waals surface area contributed by atoms with Gasteiger partial charge in [-0.1, -0.05) is 41.7 Å². The predicted octanol–water partition coefficient (Wildman–Crippen LogP) is 5.19. The summed E-state index contributed by atoms with van der Waals surface area (Å²) in [5.74, 6) is 1.01. The molecule has 4 rings (SSSR count). The first-order chi connectivity index (χ1) is 14.6. The maximum absolute atomic E-state index is 12.9. The van der Waals surface area contributed by atoms with Crippen LogP contribution in [-0.2, 0) is 11.3 Å². The van der Waals surface area contributed by atoms with Crippen molar-refractivity contribution in [3.05, 3.63) is 88.7 Å². The number of fused-ring (bicyclic) bond motifs is 1. The van der Waals surface area contributed by atoms with Crippen molar-refractivity contribution in [3.63, 3.8) is 0 Å². The number of ether oxygens (including phenoxy) is 2. The van der Waals surface area contributed by atoms with E-state index in [0.29, 0.717) is 29.3 Å². The third kappa shape index (κ3) is 4.50. The zero-order chi connectivity index (χ0) is 20.9. The normalized spacial score (nSPS) is 11.7. The van der Waals surface area contributed by atoms with Crippen LogP contribution in [0, 0.1) is 6.92 Å². The number of para-hydroxylation sites is 1. The lowest BCUT2D eigenvalue weighted by atomic mass is 10.2. The van der Waals surface area contributed by atoms with Crippen LogP contribution in [-0.4, -0.2) is 24.2 Å². The average molecular weight is 419 g/mol. The van der Waals surface area contributed by atoms with E-state index in [1.165, 1.54) is 16.9 Å². The van der Waals surface area contributed by atoms with Gasteiger partial charge in [0.05, 0.1) is 16.8 Å². The van der Waals surface area contributed by atoms with Gasteiger partial charge in [-0.3, -0.25) is 4.79 Å². The molecule has 0 aliphatic heterocycles. The molecule has 0 unspecified atom stereocenters. The van der Waals surface area contributed by atoms with Crippen molar-refractivity contribution in [1.29, 1.82) is 0 Å². The minimum absolute atomic E-state index is 0.303. The van der Waals surface area contributed by atoms with Crippen molar-refractivity contribution < 1.29 is 14.3 Å². The fraction of sp³-hybridized carbons (Fsp3) is 0.167. The molecule has 1 heterocycles. The van der Waals surface area contributed by atoms with Gasteiger partial charge in [0.2, 0.25) is 0 Å². The second-order valence-corrected chi connectivity index (χ2v) is 7.87. The van der Waals surface area contributed by atoms with Gasteiger partial charge in [0.1, 0.15) is 11.5 Å². The Kier molecular flexibility index (Phi) is 6.07. The molecule has 0 spiro atoms. The molecule has 0 saturated heterocycles. The third-order valence-corrected chi connectivity index (χ3v) is 5.66. The Morgan fingerprint density at radius 1 is 1.00 bits per heavy atom. The van der Waals surface area contributed by atoms with Gasteiger partial charge in [-0.15, -0.1) is 0 Å². The number of carbonyl (C=O) groups excluding carboxylic acids is 1. The molecule has 1 amide bonds. The number of benzene rings is 3. The van der Waals surface area contributed by atoms with Crippen molar-refractivity contribution in [2.75, 3.05) is 13.7 Å². The molecule has 0 N–H and O–H groups in total. The Balaban J connectivity index is 1.68. The lowest BCUT2D eigenvalue weighted by Gasteiger charge is -2.06. The van der Waals surface area contributed by atoms with Gasteiger partial charge in [-0.05, 0) is 55.0 Å². The SMILES string of the molecule is COCCn1c(=NC(=O)c2cccc(Oc3ccccc3)c2)sc2cc(C)ccc21. The summed E-state index contributed by atoms with van der Waals surface area (Å²) < 4.78 is 14.2. The van der Waals surface area contributed by atoms with E-state index in [1.54, 1.807) is 25.3 Å². The van der Waals surface area contributed by atoms with Gasteiger partial charge in [0, 0.05) is 19.2 Å². The van der Waals surface area contributed by atoms with Gasteiger partial charge >= 0.3 is 0 Å². The Labute approximate surface area is 178 Å². The highest BCUT2D eigenvalue weighted by atomic mass is 32.1. The molecule has 1 aromatic heterocycles. The summed E-state index contributed by atoms with van der Waals surface area (Å²) in [6, 6.07) is 22.8. The number of carbonyl (C=O) groups is 1. The number of thiazole rings is 1. The summed E-state index contributed by atoms with van der Waals surface area (Å²) in [6.07, 6.45) is 0. The minimum Gasteiger partial charge on any atom is -0.457 e.